The third-order valence-corrected chi connectivity index (χ3v) is 10.3. The molecule has 0 atom stereocenters. The predicted molar refractivity (Wildman–Crippen MR) is 230 cm³/mol. The highest BCUT2D eigenvalue weighted by Crippen LogP contribution is 2.40. The first-order valence-corrected chi connectivity index (χ1v) is 18.2. The Morgan fingerprint density at radius 3 is 1.95 bits per heavy atom. The van der Waals surface area contributed by atoms with Crippen LogP contribution in [-0.4, -0.2) is 19.5 Å². The molecule has 12 rings (SSSR count). The van der Waals surface area contributed by atoms with Gasteiger partial charge >= 0.3 is 0 Å². The monoisotopic (exact) mass is 740 g/mol. The van der Waals surface area contributed by atoms with Crippen LogP contribution in [0.25, 0.3) is 117 Å². The summed E-state index contributed by atoms with van der Waals surface area (Å²) in [6, 6.07) is 32.7. The van der Waals surface area contributed by atoms with Crippen molar-refractivity contribution in [3.05, 3.63) is 182 Å². The van der Waals surface area contributed by atoms with E-state index in [1.165, 1.54) is 0 Å². The fourth-order valence-corrected chi connectivity index (χ4v) is 7.68. The van der Waals surface area contributed by atoms with Crippen molar-refractivity contribution >= 4 is 65.7 Å². The second-order valence-corrected chi connectivity index (χ2v) is 13.6. The van der Waals surface area contributed by atoms with Gasteiger partial charge in [0.15, 0.2) is 11.6 Å². The van der Waals surface area contributed by atoms with Crippen molar-refractivity contribution in [3.63, 3.8) is 0 Å². The Morgan fingerprint density at radius 2 is 1.11 bits per heavy atom. The van der Waals surface area contributed by atoms with Crippen molar-refractivity contribution in [1.29, 1.82) is 0 Å². The molecule has 0 spiro atoms. The van der Waals surface area contributed by atoms with Crippen LogP contribution >= 0.6 is 0 Å². The zero-order valence-electron chi connectivity index (χ0n) is 39.7. The highest BCUT2D eigenvalue weighted by molar-refractivity contribution is 6.17. The molecule has 266 valence electrons. The minimum atomic E-state index is -0.496. The number of benzene rings is 8. The lowest BCUT2D eigenvalue weighted by Crippen LogP contribution is -2.06. The zero-order chi connectivity index (χ0) is 46.2. The number of rotatable bonds is 5. The molecule has 0 radical (unpaired) electrons. The summed E-state index contributed by atoms with van der Waals surface area (Å²) in [5, 5.41) is 3.61. The smallest absolute Gasteiger partial charge is 0.238 e. The molecule has 4 heterocycles. The zero-order valence-corrected chi connectivity index (χ0v) is 29.7. The Hall–Kier alpha value is -7.83. The maximum Gasteiger partial charge on any atom is 0.238 e. The quantitative estimate of drug-likeness (QED) is 0.176. The number of furan rings is 2. The van der Waals surface area contributed by atoms with Gasteiger partial charge in [0, 0.05) is 49.5 Å². The molecule has 0 unspecified atom stereocenters. The van der Waals surface area contributed by atoms with Crippen molar-refractivity contribution < 1.29 is 22.5 Å². The molecule has 12 aromatic rings. The highest BCUT2D eigenvalue weighted by Gasteiger charge is 2.21. The number of hydrogen-bond donors (Lipinski definition) is 0. The summed E-state index contributed by atoms with van der Waals surface area (Å²) < 4.78 is 106. The summed E-state index contributed by atoms with van der Waals surface area (Å²) in [7, 11) is 0. The summed E-state index contributed by atoms with van der Waals surface area (Å²) >= 11 is 0. The highest BCUT2D eigenvalue weighted by atomic mass is 16.3. The van der Waals surface area contributed by atoms with Crippen LogP contribution in [0.3, 0.4) is 0 Å². The van der Waals surface area contributed by atoms with Crippen molar-refractivity contribution in [1.82, 2.24) is 19.5 Å². The molecule has 0 fully saturated rings. The molecule has 0 bridgehead atoms. The van der Waals surface area contributed by atoms with Gasteiger partial charge < -0.3 is 8.83 Å². The number of para-hydroxylation sites is 2. The average molecular weight is 741 g/mol. The summed E-state index contributed by atoms with van der Waals surface area (Å²) in [5.74, 6) is -0.598. The van der Waals surface area contributed by atoms with E-state index in [0.717, 1.165) is 21.5 Å². The van der Waals surface area contributed by atoms with Crippen molar-refractivity contribution in [3.8, 4) is 51.0 Å². The fraction of sp³-hybridized carbons (Fsp3) is 0. The molecule has 0 saturated carbocycles. The lowest BCUT2D eigenvalue weighted by Gasteiger charge is -2.11. The van der Waals surface area contributed by atoms with Gasteiger partial charge in [-0.1, -0.05) is 133 Å². The Morgan fingerprint density at radius 1 is 0.421 bits per heavy atom. The van der Waals surface area contributed by atoms with Gasteiger partial charge in [-0.3, -0.25) is 4.57 Å². The molecule has 0 N–H and O–H groups in total. The molecule has 0 amide bonds. The van der Waals surface area contributed by atoms with Gasteiger partial charge in [-0.25, -0.2) is 4.98 Å². The topological polar surface area (TPSA) is 69.9 Å². The van der Waals surface area contributed by atoms with E-state index in [9.17, 15) is 6.85 Å². The standard InChI is InChI=1S/C51H30N4O2/c1-3-13-31(14-4-1)33-17-11-18-34(27-33)49-52-50(35-25-26-39-46(28-35)57-45-24-12-21-36(48(39)45)32-15-5-2-6-16-32)54-51(53-49)55-42-22-9-7-19-37(42)40-29-41-38-20-8-10-23-44(38)56-47(41)30-43(40)55/h1-30H/i11D,12D,17D,18D,21D,24D,25D,26D,27D,28D. The summed E-state index contributed by atoms with van der Waals surface area (Å²) in [4.78, 5) is 14.7. The first kappa shape index (κ1) is 23.2. The summed E-state index contributed by atoms with van der Waals surface area (Å²) in [6.45, 7) is 0. The molecule has 8 aromatic carbocycles. The summed E-state index contributed by atoms with van der Waals surface area (Å²) in [6.07, 6.45) is 0. The van der Waals surface area contributed by atoms with Crippen LogP contribution in [0.15, 0.2) is 191 Å². The van der Waals surface area contributed by atoms with Crippen LogP contribution in [0.5, 0.6) is 0 Å². The van der Waals surface area contributed by atoms with Crippen molar-refractivity contribution in [2.45, 2.75) is 0 Å². The first-order valence-electron chi connectivity index (χ1n) is 23.2. The van der Waals surface area contributed by atoms with E-state index >= 15 is 0 Å². The van der Waals surface area contributed by atoms with Gasteiger partial charge in [-0.05, 0) is 64.6 Å². The van der Waals surface area contributed by atoms with E-state index in [2.05, 4.69) is 0 Å². The van der Waals surface area contributed by atoms with Crippen molar-refractivity contribution in [2.24, 2.45) is 0 Å². The second-order valence-electron chi connectivity index (χ2n) is 13.6. The third kappa shape index (κ3) is 5.01. The van der Waals surface area contributed by atoms with Gasteiger partial charge in [-0.15, -0.1) is 0 Å². The van der Waals surface area contributed by atoms with E-state index in [4.69, 9.17) is 30.6 Å². The number of nitrogens with zero attached hydrogens (tertiary/aromatic N) is 4. The minimum absolute atomic E-state index is 0.000583. The fourth-order valence-electron chi connectivity index (χ4n) is 7.68. The minimum Gasteiger partial charge on any atom is -0.456 e. The van der Waals surface area contributed by atoms with Gasteiger partial charge in [0.25, 0.3) is 0 Å². The number of fused-ring (bicyclic) bond motifs is 9. The third-order valence-electron chi connectivity index (χ3n) is 10.3. The maximum absolute atomic E-state index is 9.72. The largest absolute Gasteiger partial charge is 0.456 e. The van der Waals surface area contributed by atoms with E-state index < -0.39 is 42.3 Å². The Labute approximate surface area is 340 Å². The normalized spacial score (nSPS) is 14.3. The lowest BCUT2D eigenvalue weighted by molar-refractivity contribution is 0.668. The molecule has 6 heteroatoms. The van der Waals surface area contributed by atoms with E-state index in [0.29, 0.717) is 33.3 Å². The molecule has 0 aliphatic carbocycles. The average Bonchev–Trinajstić information content (AvgIpc) is 4.02. The second kappa shape index (κ2) is 12.3. The van der Waals surface area contributed by atoms with Gasteiger partial charge in [0.1, 0.15) is 22.3 Å². The number of aromatic nitrogens is 4. The molecule has 0 aliphatic heterocycles. The van der Waals surface area contributed by atoms with E-state index in [1.807, 2.05) is 60.7 Å². The molecule has 6 nitrogen and oxygen atoms in total. The molecule has 0 saturated heterocycles. The Kier molecular flexibility index (Phi) is 5.02. The Bertz CT molecular complexity index is 4110. The number of hydrogen-bond acceptors (Lipinski definition) is 5. The SMILES string of the molecule is [2H]c1c([2H])c(-c2ccccc2)c([2H])c(-c2nc(-c3c([2H])c([2H])c4c(oc5c([2H])c([2H])c([2H])c(-c6ccccc6)c54)c3[2H])nc(-n3c4ccccc4c4cc5c(cc43)oc3ccccc35)n2)c1[2H]. The Balaban J connectivity index is 1.20. The van der Waals surface area contributed by atoms with Crippen LogP contribution in [0, 0.1) is 0 Å². The van der Waals surface area contributed by atoms with E-state index in [-0.39, 0.29) is 79.9 Å². The van der Waals surface area contributed by atoms with Gasteiger partial charge in [0.2, 0.25) is 5.95 Å². The lowest BCUT2D eigenvalue weighted by atomic mass is 9.99. The van der Waals surface area contributed by atoms with Crippen LogP contribution in [0.2, 0.25) is 0 Å². The first-order chi connectivity index (χ1) is 32.4. The predicted octanol–water partition coefficient (Wildman–Crippen LogP) is 13.4. The molecular formula is C51H30N4O2. The summed E-state index contributed by atoms with van der Waals surface area (Å²) in [5.41, 5.74) is 3.03. The van der Waals surface area contributed by atoms with Crippen LogP contribution < -0.4 is 0 Å². The molecule has 0 aliphatic rings. The molecular weight excluding hydrogens is 701 g/mol. The molecule has 4 aromatic heterocycles. The van der Waals surface area contributed by atoms with Crippen molar-refractivity contribution in [2.75, 3.05) is 0 Å². The van der Waals surface area contributed by atoms with Crippen LogP contribution in [0.4, 0.5) is 0 Å². The van der Waals surface area contributed by atoms with Crippen LogP contribution in [0.1, 0.15) is 13.7 Å². The molecule has 57 heavy (non-hydrogen) atoms. The van der Waals surface area contributed by atoms with Crippen LogP contribution in [-0.2, 0) is 0 Å². The maximum atomic E-state index is 9.72. The van der Waals surface area contributed by atoms with Gasteiger partial charge in [-0.2, -0.15) is 9.97 Å². The van der Waals surface area contributed by atoms with E-state index in [1.54, 1.807) is 65.2 Å². The van der Waals surface area contributed by atoms with Gasteiger partial charge in [0.05, 0.1) is 24.7 Å².